The van der Waals surface area contributed by atoms with E-state index < -0.39 is 21.9 Å². The summed E-state index contributed by atoms with van der Waals surface area (Å²) in [6, 6.07) is 0. The lowest BCUT2D eigenvalue weighted by Gasteiger charge is -2.17. The molecule has 3 N–H and O–H groups in total. The Bertz CT molecular complexity index is 288. The van der Waals surface area contributed by atoms with Crippen molar-refractivity contribution >= 4 is 16.0 Å². The fraction of sp³-hybridized carbons (Fsp3) is 0.857. The summed E-state index contributed by atoms with van der Waals surface area (Å²) in [7, 11) is -1.81. The minimum absolute atomic E-state index is 0.157. The van der Waals surface area contributed by atoms with Crippen molar-refractivity contribution in [2.45, 2.75) is 6.92 Å². The van der Waals surface area contributed by atoms with Gasteiger partial charge >= 0.3 is 5.97 Å². The third kappa shape index (κ3) is 6.81. The molecule has 0 rings (SSSR count). The molecule has 0 fully saturated rings. The third-order valence-electron chi connectivity index (χ3n) is 1.76. The van der Waals surface area contributed by atoms with E-state index in [4.69, 9.17) is 10.2 Å². The number of carbonyl (C=O) groups is 1. The maximum atomic E-state index is 10.6. The van der Waals surface area contributed by atoms with Gasteiger partial charge in [-0.3, -0.25) is 4.79 Å². The first-order valence-electron chi connectivity index (χ1n) is 4.14. The molecule has 14 heavy (non-hydrogen) atoms. The highest BCUT2D eigenvalue weighted by atomic mass is 32.2. The molecule has 0 amide bonds. The van der Waals surface area contributed by atoms with Crippen LogP contribution in [-0.4, -0.2) is 50.3 Å². The lowest BCUT2D eigenvalue weighted by Crippen LogP contribution is -2.33. The molecular formula is C7H16N2O4S. The Balaban J connectivity index is 3.88. The molecule has 1 unspecified atom stereocenters. The quantitative estimate of drug-likeness (QED) is 0.598. The lowest BCUT2D eigenvalue weighted by atomic mass is 10.2. The van der Waals surface area contributed by atoms with Crippen LogP contribution in [0, 0.1) is 5.92 Å². The summed E-state index contributed by atoms with van der Waals surface area (Å²) >= 11 is 0. The zero-order chi connectivity index (χ0) is 11.4. The first-order chi connectivity index (χ1) is 6.22. The van der Waals surface area contributed by atoms with Crippen LogP contribution in [0.4, 0.5) is 0 Å². The Labute approximate surface area is 83.7 Å². The van der Waals surface area contributed by atoms with Gasteiger partial charge < -0.3 is 10.0 Å². The Morgan fingerprint density at radius 1 is 1.57 bits per heavy atom. The molecule has 0 aliphatic rings. The SMILES string of the molecule is CC(CN(C)CCS(N)(=O)=O)C(=O)O. The molecule has 6 nitrogen and oxygen atoms in total. The number of rotatable bonds is 6. The molecule has 0 saturated heterocycles. The van der Waals surface area contributed by atoms with E-state index >= 15 is 0 Å². The van der Waals surface area contributed by atoms with Crippen LogP contribution in [-0.2, 0) is 14.8 Å². The van der Waals surface area contributed by atoms with Gasteiger partial charge in [0.15, 0.2) is 0 Å². The highest BCUT2D eigenvalue weighted by Crippen LogP contribution is 1.97. The smallest absolute Gasteiger partial charge is 0.307 e. The zero-order valence-electron chi connectivity index (χ0n) is 8.30. The fourth-order valence-electron chi connectivity index (χ4n) is 0.920. The highest BCUT2D eigenvalue weighted by molar-refractivity contribution is 7.89. The van der Waals surface area contributed by atoms with E-state index in [0.717, 1.165) is 0 Å². The van der Waals surface area contributed by atoms with Crippen molar-refractivity contribution in [3.63, 3.8) is 0 Å². The molecule has 0 bridgehead atoms. The number of hydrogen-bond donors (Lipinski definition) is 2. The van der Waals surface area contributed by atoms with Crippen LogP contribution in [0.15, 0.2) is 0 Å². The summed E-state index contributed by atoms with van der Waals surface area (Å²) in [6.07, 6.45) is 0. The number of aliphatic carboxylic acids is 1. The van der Waals surface area contributed by atoms with Crippen LogP contribution in [0.3, 0.4) is 0 Å². The molecule has 0 aromatic carbocycles. The van der Waals surface area contributed by atoms with Gasteiger partial charge in [0.05, 0.1) is 11.7 Å². The Kier molecular flexibility index (Phi) is 5.03. The standard InChI is InChI=1S/C7H16N2O4S/c1-6(7(10)11)5-9(2)3-4-14(8,12)13/h6H,3-5H2,1-2H3,(H,10,11)(H2,8,12,13). The molecule has 84 valence electrons. The lowest BCUT2D eigenvalue weighted by molar-refractivity contribution is -0.141. The van der Waals surface area contributed by atoms with Crippen LogP contribution in [0.2, 0.25) is 0 Å². The summed E-state index contributed by atoms with van der Waals surface area (Å²) < 4.78 is 21.2. The second-order valence-corrected chi connectivity index (χ2v) is 5.10. The van der Waals surface area contributed by atoms with Crippen molar-refractivity contribution in [1.82, 2.24) is 4.90 Å². The van der Waals surface area contributed by atoms with Gasteiger partial charge in [0, 0.05) is 13.1 Å². The summed E-state index contributed by atoms with van der Waals surface area (Å²) in [5, 5.41) is 13.4. The van der Waals surface area contributed by atoms with E-state index in [1.54, 1.807) is 18.9 Å². The van der Waals surface area contributed by atoms with Gasteiger partial charge in [-0.2, -0.15) is 0 Å². The van der Waals surface area contributed by atoms with Gasteiger partial charge in [-0.25, -0.2) is 13.6 Å². The van der Waals surface area contributed by atoms with E-state index in [-0.39, 0.29) is 12.3 Å². The van der Waals surface area contributed by atoms with Gasteiger partial charge in [-0.05, 0) is 7.05 Å². The molecule has 0 spiro atoms. The van der Waals surface area contributed by atoms with Gasteiger partial charge in [-0.1, -0.05) is 6.92 Å². The molecule has 0 heterocycles. The Morgan fingerprint density at radius 3 is 2.43 bits per heavy atom. The number of carboxylic acid groups (broad SMARTS) is 1. The van der Waals surface area contributed by atoms with E-state index in [0.29, 0.717) is 6.54 Å². The van der Waals surface area contributed by atoms with E-state index in [1.807, 2.05) is 0 Å². The molecule has 0 aromatic rings. The number of hydrogen-bond acceptors (Lipinski definition) is 4. The second kappa shape index (κ2) is 5.28. The molecule has 0 saturated carbocycles. The monoisotopic (exact) mass is 224 g/mol. The van der Waals surface area contributed by atoms with Gasteiger partial charge in [0.2, 0.25) is 10.0 Å². The zero-order valence-corrected chi connectivity index (χ0v) is 9.12. The van der Waals surface area contributed by atoms with Gasteiger partial charge in [-0.15, -0.1) is 0 Å². The Hall–Kier alpha value is -0.660. The molecule has 0 radical (unpaired) electrons. The molecule has 0 aliphatic heterocycles. The van der Waals surface area contributed by atoms with Gasteiger partial charge in [0.1, 0.15) is 0 Å². The molecular weight excluding hydrogens is 208 g/mol. The van der Waals surface area contributed by atoms with Crippen molar-refractivity contribution in [2.24, 2.45) is 11.1 Å². The molecule has 1 atom stereocenters. The van der Waals surface area contributed by atoms with Crippen LogP contribution in [0.25, 0.3) is 0 Å². The van der Waals surface area contributed by atoms with Crippen LogP contribution < -0.4 is 5.14 Å². The van der Waals surface area contributed by atoms with Crippen LogP contribution in [0.1, 0.15) is 6.92 Å². The van der Waals surface area contributed by atoms with Crippen LogP contribution >= 0.6 is 0 Å². The topological polar surface area (TPSA) is 101 Å². The van der Waals surface area contributed by atoms with Gasteiger partial charge in [0.25, 0.3) is 0 Å². The summed E-state index contributed by atoms with van der Waals surface area (Å²) in [4.78, 5) is 12.1. The molecule has 0 aliphatic carbocycles. The van der Waals surface area contributed by atoms with Crippen molar-refractivity contribution in [3.8, 4) is 0 Å². The first kappa shape index (κ1) is 13.3. The minimum atomic E-state index is -3.46. The van der Waals surface area contributed by atoms with Crippen molar-refractivity contribution in [2.75, 3.05) is 25.9 Å². The Morgan fingerprint density at radius 2 is 2.07 bits per heavy atom. The summed E-state index contributed by atoms with van der Waals surface area (Å²) in [6.45, 7) is 2.12. The second-order valence-electron chi connectivity index (χ2n) is 3.37. The average Bonchev–Trinajstić information content (AvgIpc) is 1.99. The fourth-order valence-corrected chi connectivity index (χ4v) is 1.49. The molecule has 0 aromatic heterocycles. The first-order valence-corrected chi connectivity index (χ1v) is 5.85. The van der Waals surface area contributed by atoms with Crippen molar-refractivity contribution < 1.29 is 18.3 Å². The summed E-state index contributed by atoms with van der Waals surface area (Å²) in [5.41, 5.74) is 0. The largest absolute Gasteiger partial charge is 0.481 e. The number of nitrogens with two attached hydrogens (primary N) is 1. The molecule has 7 heteroatoms. The number of carboxylic acids is 1. The van der Waals surface area contributed by atoms with Crippen molar-refractivity contribution in [1.29, 1.82) is 0 Å². The van der Waals surface area contributed by atoms with E-state index in [1.165, 1.54) is 0 Å². The maximum Gasteiger partial charge on any atom is 0.307 e. The average molecular weight is 224 g/mol. The maximum absolute atomic E-state index is 10.6. The predicted octanol–water partition coefficient (Wildman–Crippen LogP) is -1.07. The number of primary sulfonamides is 1. The number of nitrogens with zero attached hydrogens (tertiary/aromatic N) is 1. The normalized spacial score (nSPS) is 14.3. The predicted molar refractivity (Wildman–Crippen MR) is 52.3 cm³/mol. The minimum Gasteiger partial charge on any atom is -0.481 e. The summed E-state index contributed by atoms with van der Waals surface area (Å²) in [5.74, 6) is -1.57. The van der Waals surface area contributed by atoms with Crippen molar-refractivity contribution in [3.05, 3.63) is 0 Å². The van der Waals surface area contributed by atoms with Crippen LogP contribution in [0.5, 0.6) is 0 Å². The van der Waals surface area contributed by atoms with E-state index in [2.05, 4.69) is 0 Å². The van der Waals surface area contributed by atoms with E-state index in [9.17, 15) is 13.2 Å². The third-order valence-corrected chi connectivity index (χ3v) is 2.52. The highest BCUT2D eigenvalue weighted by Gasteiger charge is 2.14. The number of sulfonamides is 1.